The lowest BCUT2D eigenvalue weighted by Crippen LogP contribution is -2.66. The zero-order valence-electron chi connectivity index (χ0n) is 16.7. The molecule has 0 aliphatic carbocycles. The molecule has 0 N–H and O–H groups in total. The van der Waals surface area contributed by atoms with Gasteiger partial charge in [0, 0.05) is 10.1 Å². The summed E-state index contributed by atoms with van der Waals surface area (Å²) in [5.41, 5.74) is -16.0. The number of nitrogens with zero attached hydrogens (tertiary/aromatic N) is 4. The predicted octanol–water partition coefficient (Wildman–Crippen LogP) is 7.63. The lowest BCUT2D eigenvalue weighted by molar-refractivity contribution is -0.551. The molecule has 0 aromatic carbocycles. The molecule has 0 amide bonds. The third-order valence-electron chi connectivity index (χ3n) is 3.24. The maximum atomic E-state index is 13.1. The maximum absolute atomic E-state index is 13.1. The van der Waals surface area contributed by atoms with Crippen molar-refractivity contribution in [1.82, 2.24) is 10.1 Å². The van der Waals surface area contributed by atoms with E-state index in [1.165, 1.54) is 0 Å². The van der Waals surface area contributed by atoms with Gasteiger partial charge in [-0.05, 0) is 0 Å². The number of halogens is 24. The summed E-state index contributed by atoms with van der Waals surface area (Å²) in [5, 5.41) is -8.55. The zero-order chi connectivity index (χ0) is 33.0. The third kappa shape index (κ3) is 7.73. The van der Waals surface area contributed by atoms with Crippen LogP contribution in [0.2, 0.25) is 0 Å². The van der Waals surface area contributed by atoms with Crippen molar-refractivity contribution in [3.8, 4) is 0 Å². The summed E-state index contributed by atoms with van der Waals surface area (Å²) in [5.74, 6) is 0. The fraction of sp³-hybridized carbons (Fsp3) is 1.00. The minimum Gasteiger partial charge on any atom is -0.233 e. The smallest absolute Gasteiger partial charge is 0.233 e. The predicted molar refractivity (Wildman–Crippen MR) is 64.6 cm³/mol. The summed E-state index contributed by atoms with van der Waals surface area (Å²) in [6.45, 7) is 0. The van der Waals surface area contributed by atoms with Gasteiger partial charge in [-0.15, -0.1) is 10.2 Å². The average Bonchev–Trinajstić information content (AvgIpc) is 2.54. The highest BCUT2D eigenvalue weighted by Crippen LogP contribution is 2.54. The number of azo groups is 1. The Morgan fingerprint density at radius 3 is 0.550 bits per heavy atom. The number of hydroxylamine groups is 4. The van der Waals surface area contributed by atoms with Crippen LogP contribution in [0.4, 0.5) is 105 Å². The molecule has 0 saturated heterocycles. The Morgan fingerprint density at radius 2 is 0.450 bits per heavy atom. The second kappa shape index (κ2) is 10.2. The van der Waals surface area contributed by atoms with Crippen LogP contribution in [0.5, 0.6) is 0 Å². The molecule has 0 bridgehead atoms. The zero-order valence-corrected chi connectivity index (χ0v) is 16.7. The van der Waals surface area contributed by atoms with Crippen molar-refractivity contribution >= 4 is 0 Å². The van der Waals surface area contributed by atoms with Crippen molar-refractivity contribution in [1.29, 1.82) is 0 Å². The van der Waals surface area contributed by atoms with Crippen LogP contribution in [-0.4, -0.2) is 71.5 Å². The Labute approximate surface area is 198 Å². The molecule has 0 aromatic heterocycles. The molecule has 30 heteroatoms. The molecule has 0 radical (unpaired) electrons. The van der Waals surface area contributed by atoms with Gasteiger partial charge in [-0.2, -0.15) is 105 Å². The van der Waals surface area contributed by atoms with Crippen molar-refractivity contribution in [3.63, 3.8) is 0 Å². The van der Waals surface area contributed by atoms with Crippen molar-refractivity contribution in [2.24, 2.45) is 10.2 Å². The fourth-order valence-electron chi connectivity index (χ4n) is 1.69. The van der Waals surface area contributed by atoms with E-state index in [-0.39, 0.29) is 10.2 Å². The van der Waals surface area contributed by atoms with Crippen LogP contribution in [-0.2, 0) is 9.68 Å². The summed E-state index contributed by atoms with van der Waals surface area (Å²) in [4.78, 5) is 3.16. The fourth-order valence-corrected chi connectivity index (χ4v) is 1.69. The van der Waals surface area contributed by atoms with E-state index >= 15 is 0 Å². The number of rotatable bonds is 6. The van der Waals surface area contributed by atoms with Gasteiger partial charge in [-0.3, -0.25) is 0 Å². The summed E-state index contributed by atoms with van der Waals surface area (Å²) >= 11 is 0. The Hall–Kier alpha value is -2.24. The van der Waals surface area contributed by atoms with Gasteiger partial charge >= 0.3 is 61.4 Å². The highest BCUT2D eigenvalue weighted by Gasteiger charge is 2.82. The second-order valence-corrected chi connectivity index (χ2v) is 6.12. The molecule has 0 unspecified atom stereocenters. The molecule has 0 spiro atoms. The van der Waals surface area contributed by atoms with Gasteiger partial charge in [0.2, 0.25) is 0 Å². The molecule has 0 saturated carbocycles. The minimum atomic E-state index is -8.21. The summed E-state index contributed by atoms with van der Waals surface area (Å²) in [7, 11) is 0. The lowest BCUT2D eigenvalue weighted by Gasteiger charge is -2.39. The van der Waals surface area contributed by atoms with Gasteiger partial charge in [0.15, 0.2) is 0 Å². The molecule has 0 fully saturated rings. The average molecular weight is 664 g/mol. The minimum absolute atomic E-state index is 0.0281. The molecule has 0 atom stereocenters. The molecule has 0 aliphatic rings. The molecule has 240 valence electrons. The van der Waals surface area contributed by atoms with Crippen LogP contribution < -0.4 is 0 Å². The monoisotopic (exact) mass is 664 g/mol. The Morgan fingerprint density at radius 1 is 0.300 bits per heavy atom. The van der Waals surface area contributed by atoms with Crippen LogP contribution in [0.3, 0.4) is 0 Å². The topological polar surface area (TPSA) is 49.7 Å². The molecule has 0 rings (SSSR count). The quantitative estimate of drug-likeness (QED) is 0.127. The Kier molecular flexibility index (Phi) is 9.66. The van der Waals surface area contributed by atoms with E-state index < -0.39 is 71.5 Å². The second-order valence-electron chi connectivity index (χ2n) is 6.12. The third-order valence-corrected chi connectivity index (χ3v) is 3.24. The highest BCUT2D eigenvalue weighted by atomic mass is 19.5. The van der Waals surface area contributed by atoms with Gasteiger partial charge in [-0.25, -0.2) is 9.68 Å². The van der Waals surface area contributed by atoms with Crippen molar-refractivity contribution in [3.05, 3.63) is 0 Å². The molecule has 40 heavy (non-hydrogen) atoms. The van der Waals surface area contributed by atoms with Crippen molar-refractivity contribution in [2.75, 3.05) is 0 Å². The summed E-state index contributed by atoms with van der Waals surface area (Å²) in [6.07, 6.45) is -63.4. The molecule has 6 nitrogen and oxygen atoms in total. The summed E-state index contributed by atoms with van der Waals surface area (Å²) < 4.78 is 306. The van der Waals surface area contributed by atoms with Gasteiger partial charge in [0.1, 0.15) is 0 Å². The molecule has 0 aromatic rings. The highest BCUT2D eigenvalue weighted by molar-refractivity contribution is 4.98. The van der Waals surface area contributed by atoms with Gasteiger partial charge in [-0.1, -0.05) is 0 Å². The number of hydrogen-bond donors (Lipinski definition) is 0. The first-order valence-electron chi connectivity index (χ1n) is 7.85. The Bertz CT molecular complexity index is 751. The molecule has 0 heterocycles. The maximum Gasteiger partial charge on any atom is 0.490 e. The van der Waals surface area contributed by atoms with Crippen LogP contribution in [0.1, 0.15) is 0 Å². The molecule has 0 aliphatic heterocycles. The largest absolute Gasteiger partial charge is 0.490 e. The number of hydrogen-bond acceptors (Lipinski definition) is 6. The van der Waals surface area contributed by atoms with Gasteiger partial charge in [0.25, 0.3) is 0 Å². The van der Waals surface area contributed by atoms with E-state index in [2.05, 4.69) is 0 Å². The van der Waals surface area contributed by atoms with Crippen molar-refractivity contribution in [2.45, 2.75) is 61.4 Å². The van der Waals surface area contributed by atoms with Crippen molar-refractivity contribution < 1.29 is 115 Å². The molecular weight excluding hydrogens is 664 g/mol. The SMILES string of the molecule is FC(F)(F)N(OC(N=NC(ON(C(F)(F)F)C(F)(F)F)(C(F)(F)F)C(F)(F)F)(C(F)(F)F)C(F)(F)F)C(F)(F)F. The van der Waals surface area contributed by atoms with Crippen LogP contribution in [0.25, 0.3) is 0 Å². The van der Waals surface area contributed by atoms with E-state index in [0.717, 1.165) is 0 Å². The van der Waals surface area contributed by atoms with Gasteiger partial charge < -0.3 is 0 Å². The normalized spacial score (nSPS) is 16.6. The lowest BCUT2D eigenvalue weighted by atomic mass is 10.2. The van der Waals surface area contributed by atoms with Crippen LogP contribution >= 0.6 is 0 Å². The van der Waals surface area contributed by atoms with E-state index in [0.29, 0.717) is 0 Å². The standard InChI is InChI=1S/C10F24N4O2/c11-3(12,13)1(4(14,15)16,39-37(7(23,24)25)8(26,27)28)35-36-2(5(17,18)19,6(20,21)22)40-38(9(29,30)31)10(32,33)34. The van der Waals surface area contributed by atoms with E-state index in [9.17, 15) is 105 Å². The number of alkyl halides is 24. The molecular formula is C10F24N4O2. The van der Waals surface area contributed by atoms with Gasteiger partial charge in [0.05, 0.1) is 0 Å². The van der Waals surface area contributed by atoms with Crippen LogP contribution in [0.15, 0.2) is 10.2 Å². The first-order valence-corrected chi connectivity index (χ1v) is 7.85. The first kappa shape index (κ1) is 37.8. The Balaban J connectivity index is 7.92. The van der Waals surface area contributed by atoms with E-state index in [4.69, 9.17) is 0 Å². The summed E-state index contributed by atoms with van der Waals surface area (Å²) in [6, 6.07) is 0. The van der Waals surface area contributed by atoms with Crippen LogP contribution in [0, 0.1) is 0 Å². The van der Waals surface area contributed by atoms with E-state index in [1.54, 1.807) is 9.68 Å². The van der Waals surface area contributed by atoms with E-state index in [1.807, 2.05) is 0 Å². The first-order chi connectivity index (χ1) is 16.9.